The molecule has 4 rings (SSSR count). The molecule has 0 spiro atoms. The lowest BCUT2D eigenvalue weighted by Gasteiger charge is -2.35. The molecule has 2 atom stereocenters. The highest BCUT2D eigenvalue weighted by Gasteiger charge is 2.28. The third-order valence-electron chi connectivity index (χ3n) is 5.66. The van der Waals surface area contributed by atoms with Gasteiger partial charge < -0.3 is 31.7 Å². The number of benzene rings is 2. The van der Waals surface area contributed by atoms with Crippen LogP contribution in [0.4, 0.5) is 11.9 Å². The fraction of sp³-hybridized carbons (Fsp3) is 0.273. The molecule has 32 heavy (non-hydrogen) atoms. The van der Waals surface area contributed by atoms with Crippen molar-refractivity contribution in [1.29, 1.82) is 0 Å². The number of carboxylic acids is 1. The van der Waals surface area contributed by atoms with Crippen molar-refractivity contribution in [2.75, 3.05) is 17.2 Å². The zero-order chi connectivity index (χ0) is 23.0. The summed E-state index contributed by atoms with van der Waals surface area (Å²) in [5.41, 5.74) is 14.9. The molecule has 3 aromatic rings. The number of carboxylic acid groups (broad SMARTS) is 1. The second kappa shape index (κ2) is 8.31. The van der Waals surface area contributed by atoms with Crippen LogP contribution in [-0.4, -0.2) is 48.8 Å². The van der Waals surface area contributed by atoms with Crippen LogP contribution in [0.2, 0.25) is 0 Å². The number of carbonyl (C=O) groups is 1. The molecule has 1 aliphatic rings. The molecule has 2 heterocycles. The van der Waals surface area contributed by atoms with E-state index in [2.05, 4.69) is 15.0 Å². The van der Waals surface area contributed by atoms with Gasteiger partial charge in [0.25, 0.3) is 0 Å². The van der Waals surface area contributed by atoms with Gasteiger partial charge in [0.1, 0.15) is 6.04 Å². The van der Waals surface area contributed by atoms with E-state index in [1.165, 1.54) is 0 Å². The summed E-state index contributed by atoms with van der Waals surface area (Å²) in [5, 5.41) is 28.7. The molecule has 0 fully saturated rings. The molecule has 0 saturated heterocycles. The number of rotatable bonds is 5. The van der Waals surface area contributed by atoms with E-state index in [9.17, 15) is 15.0 Å². The fourth-order valence-corrected chi connectivity index (χ4v) is 3.89. The van der Waals surface area contributed by atoms with Crippen LogP contribution in [0.5, 0.6) is 11.5 Å². The van der Waals surface area contributed by atoms with Gasteiger partial charge in [0.15, 0.2) is 17.3 Å². The Hall–Kier alpha value is -3.92. The summed E-state index contributed by atoms with van der Waals surface area (Å²) in [6, 6.07) is 9.18. The molecule has 0 bridgehead atoms. The topological polar surface area (TPSA) is 172 Å². The molecule has 10 heteroatoms. The average Bonchev–Trinajstić information content (AvgIpc) is 2.75. The molecule has 7 N–H and O–H groups in total. The van der Waals surface area contributed by atoms with Crippen molar-refractivity contribution in [3.8, 4) is 22.9 Å². The molecular formula is C22H24N6O4. The standard InChI is InChI=1S/C22H24N6O4/c1-11-15-10-18(30)17(29)9-14(15)6-7-28(11)22-26-19(25-21(24)27-22)13-4-2-12(3-5-13)8-16(23)20(31)32/h2-5,9-11,16,29-30H,6-8,23H2,1H3,(H,31,32)(H2,24,25,26,27)/t11?,16-/m0/s1. The number of aromatic nitrogens is 3. The molecule has 10 nitrogen and oxygen atoms in total. The number of nitrogen functional groups attached to an aromatic ring is 1. The number of aliphatic carboxylic acids is 1. The van der Waals surface area contributed by atoms with E-state index < -0.39 is 12.0 Å². The van der Waals surface area contributed by atoms with Crippen LogP contribution in [-0.2, 0) is 17.6 Å². The Labute approximate surface area is 184 Å². The summed E-state index contributed by atoms with van der Waals surface area (Å²) in [7, 11) is 0. The number of nitrogens with zero attached hydrogens (tertiary/aromatic N) is 4. The summed E-state index contributed by atoms with van der Waals surface area (Å²) >= 11 is 0. The predicted molar refractivity (Wildman–Crippen MR) is 118 cm³/mol. The van der Waals surface area contributed by atoms with Gasteiger partial charge in [-0.15, -0.1) is 0 Å². The summed E-state index contributed by atoms with van der Waals surface area (Å²) in [5.74, 6) is -0.471. The summed E-state index contributed by atoms with van der Waals surface area (Å²) in [4.78, 5) is 26.1. The number of hydrogen-bond donors (Lipinski definition) is 5. The number of fused-ring (bicyclic) bond motifs is 1. The Morgan fingerprint density at radius 3 is 2.53 bits per heavy atom. The molecule has 1 aromatic heterocycles. The Balaban J connectivity index is 1.62. The van der Waals surface area contributed by atoms with E-state index in [-0.39, 0.29) is 29.9 Å². The second-order valence-corrected chi connectivity index (χ2v) is 7.82. The fourth-order valence-electron chi connectivity index (χ4n) is 3.89. The van der Waals surface area contributed by atoms with E-state index in [4.69, 9.17) is 16.6 Å². The molecule has 2 aromatic carbocycles. The van der Waals surface area contributed by atoms with Crippen LogP contribution in [0.25, 0.3) is 11.4 Å². The van der Waals surface area contributed by atoms with Gasteiger partial charge in [-0.3, -0.25) is 4.79 Å². The lowest BCUT2D eigenvalue weighted by molar-refractivity contribution is -0.138. The summed E-state index contributed by atoms with van der Waals surface area (Å²) in [6.07, 6.45) is 0.861. The number of nitrogens with two attached hydrogens (primary N) is 2. The predicted octanol–water partition coefficient (Wildman–Crippen LogP) is 1.61. The van der Waals surface area contributed by atoms with Gasteiger partial charge in [0.2, 0.25) is 11.9 Å². The zero-order valence-electron chi connectivity index (χ0n) is 17.4. The van der Waals surface area contributed by atoms with Gasteiger partial charge in [-0.2, -0.15) is 15.0 Å². The minimum absolute atomic E-state index is 0.0773. The van der Waals surface area contributed by atoms with E-state index in [1.54, 1.807) is 36.4 Å². The number of phenols is 2. The number of hydrogen-bond acceptors (Lipinski definition) is 9. The van der Waals surface area contributed by atoms with Gasteiger partial charge in [-0.25, -0.2) is 0 Å². The van der Waals surface area contributed by atoms with E-state index >= 15 is 0 Å². The van der Waals surface area contributed by atoms with Crippen molar-refractivity contribution in [3.05, 3.63) is 53.1 Å². The first-order valence-electron chi connectivity index (χ1n) is 10.1. The highest BCUT2D eigenvalue weighted by molar-refractivity contribution is 5.73. The van der Waals surface area contributed by atoms with Gasteiger partial charge in [0.05, 0.1) is 6.04 Å². The van der Waals surface area contributed by atoms with Crippen molar-refractivity contribution in [3.63, 3.8) is 0 Å². The van der Waals surface area contributed by atoms with E-state index in [0.717, 1.165) is 16.7 Å². The van der Waals surface area contributed by atoms with Crippen molar-refractivity contribution >= 4 is 17.9 Å². The molecule has 0 saturated carbocycles. The van der Waals surface area contributed by atoms with Gasteiger partial charge in [-0.05, 0) is 48.6 Å². The van der Waals surface area contributed by atoms with Crippen LogP contribution in [0.3, 0.4) is 0 Å². The summed E-state index contributed by atoms with van der Waals surface area (Å²) in [6.45, 7) is 2.57. The maximum absolute atomic E-state index is 11.0. The van der Waals surface area contributed by atoms with E-state index in [1.807, 2.05) is 11.8 Å². The monoisotopic (exact) mass is 436 g/mol. The number of aromatic hydroxyl groups is 2. The SMILES string of the molecule is CC1c2cc(O)c(O)cc2CCN1c1nc(N)nc(-c2ccc(C[C@H](N)C(=O)O)cc2)n1. The highest BCUT2D eigenvalue weighted by Crippen LogP contribution is 2.38. The molecule has 1 unspecified atom stereocenters. The first kappa shape index (κ1) is 21.3. The maximum atomic E-state index is 11.0. The van der Waals surface area contributed by atoms with E-state index in [0.29, 0.717) is 30.3 Å². The smallest absolute Gasteiger partial charge is 0.320 e. The normalized spacial score (nSPS) is 16.4. The Kier molecular flexibility index (Phi) is 5.54. The molecule has 0 amide bonds. The van der Waals surface area contributed by atoms with Crippen molar-refractivity contribution in [2.45, 2.75) is 31.8 Å². The third kappa shape index (κ3) is 4.12. The third-order valence-corrected chi connectivity index (χ3v) is 5.66. The molecule has 0 aliphatic carbocycles. The molecule has 0 radical (unpaired) electrons. The van der Waals surface area contributed by atoms with Crippen LogP contribution in [0.1, 0.15) is 29.7 Å². The Morgan fingerprint density at radius 2 is 1.84 bits per heavy atom. The molecule has 166 valence electrons. The average molecular weight is 436 g/mol. The molecule has 1 aliphatic heterocycles. The van der Waals surface area contributed by atoms with Gasteiger partial charge in [0, 0.05) is 12.1 Å². The van der Waals surface area contributed by atoms with Crippen molar-refractivity contribution in [1.82, 2.24) is 15.0 Å². The van der Waals surface area contributed by atoms with Gasteiger partial charge >= 0.3 is 5.97 Å². The zero-order valence-corrected chi connectivity index (χ0v) is 17.4. The highest BCUT2D eigenvalue weighted by atomic mass is 16.4. The lowest BCUT2D eigenvalue weighted by atomic mass is 9.93. The number of phenolic OH excluding ortho intramolecular Hbond substituents is 2. The lowest BCUT2D eigenvalue weighted by Crippen LogP contribution is -2.35. The minimum atomic E-state index is -1.05. The van der Waals surface area contributed by atoms with Crippen LogP contribution < -0.4 is 16.4 Å². The van der Waals surface area contributed by atoms with Crippen LogP contribution in [0, 0.1) is 0 Å². The largest absolute Gasteiger partial charge is 0.504 e. The number of anilines is 2. The quantitative estimate of drug-likeness (QED) is 0.370. The maximum Gasteiger partial charge on any atom is 0.320 e. The van der Waals surface area contributed by atoms with Crippen molar-refractivity contribution in [2.24, 2.45) is 5.73 Å². The Morgan fingerprint density at radius 1 is 1.16 bits per heavy atom. The Bertz CT molecular complexity index is 1170. The first-order valence-corrected chi connectivity index (χ1v) is 10.1. The first-order chi connectivity index (χ1) is 15.2. The second-order valence-electron chi connectivity index (χ2n) is 7.82. The summed E-state index contributed by atoms with van der Waals surface area (Å²) < 4.78 is 0. The minimum Gasteiger partial charge on any atom is -0.504 e. The van der Waals surface area contributed by atoms with Crippen LogP contribution in [0.15, 0.2) is 36.4 Å². The molecular weight excluding hydrogens is 412 g/mol. The van der Waals surface area contributed by atoms with Gasteiger partial charge in [-0.1, -0.05) is 24.3 Å². The van der Waals surface area contributed by atoms with Crippen molar-refractivity contribution < 1.29 is 20.1 Å². The van der Waals surface area contributed by atoms with Crippen LogP contribution >= 0.6 is 0 Å².